The van der Waals surface area contributed by atoms with E-state index in [1.165, 1.54) is 12.4 Å². The highest BCUT2D eigenvalue weighted by Gasteiger charge is 2.15. The van der Waals surface area contributed by atoms with E-state index in [4.69, 9.17) is 5.84 Å². The van der Waals surface area contributed by atoms with Crippen molar-refractivity contribution in [1.82, 2.24) is 19.7 Å². The van der Waals surface area contributed by atoms with E-state index in [1.807, 2.05) is 19.1 Å². The number of nitrogens with two attached hydrogens (primary N) is 1. The first-order valence-corrected chi connectivity index (χ1v) is 7.20. The topological polar surface area (TPSA) is 123 Å². The van der Waals surface area contributed by atoms with Crippen LogP contribution in [-0.4, -0.2) is 23.4 Å². The van der Waals surface area contributed by atoms with Gasteiger partial charge in [-0.2, -0.15) is 0 Å². The maximum Gasteiger partial charge on any atom is 0.243 e. The minimum atomic E-state index is -3.68. The van der Waals surface area contributed by atoms with Crippen molar-refractivity contribution in [3.05, 3.63) is 42.0 Å². The van der Waals surface area contributed by atoms with Crippen molar-refractivity contribution in [2.45, 2.75) is 18.4 Å². The van der Waals surface area contributed by atoms with Gasteiger partial charge in [0, 0.05) is 5.69 Å². The molecule has 0 bridgehead atoms. The number of sulfonamides is 1. The SMILES string of the molecule is Cc1cccc(CNS(=O)(=O)c2cnc(NN)nc2)n1. The molecule has 0 saturated heterocycles. The van der Waals surface area contributed by atoms with Crippen molar-refractivity contribution in [2.75, 3.05) is 5.43 Å². The fraction of sp³-hybridized carbons (Fsp3) is 0.182. The summed E-state index contributed by atoms with van der Waals surface area (Å²) in [6, 6.07) is 5.40. The predicted octanol–water partition coefficient (Wildman–Crippen LogP) is -0.0559. The number of anilines is 1. The third-order valence-electron chi connectivity index (χ3n) is 2.46. The number of hydrogen-bond acceptors (Lipinski definition) is 7. The van der Waals surface area contributed by atoms with Crippen LogP contribution in [0.3, 0.4) is 0 Å². The van der Waals surface area contributed by atoms with Crippen LogP contribution in [0.25, 0.3) is 0 Å². The van der Waals surface area contributed by atoms with E-state index in [2.05, 4.69) is 25.1 Å². The van der Waals surface area contributed by atoms with Crippen molar-refractivity contribution >= 4 is 16.0 Å². The first-order chi connectivity index (χ1) is 9.51. The Kier molecular flexibility index (Phi) is 4.23. The molecule has 0 amide bonds. The number of aryl methyl sites for hydroxylation is 1. The fourth-order valence-electron chi connectivity index (χ4n) is 1.48. The number of nitrogens with one attached hydrogen (secondary N) is 2. The molecule has 20 heavy (non-hydrogen) atoms. The Morgan fingerprint density at radius 1 is 1.25 bits per heavy atom. The number of pyridine rings is 1. The average molecular weight is 294 g/mol. The van der Waals surface area contributed by atoms with E-state index in [1.54, 1.807) is 6.07 Å². The minimum Gasteiger partial charge on any atom is -0.292 e. The summed E-state index contributed by atoms with van der Waals surface area (Å²) in [5.74, 6) is 5.25. The van der Waals surface area contributed by atoms with E-state index < -0.39 is 10.0 Å². The van der Waals surface area contributed by atoms with Crippen LogP contribution in [0.15, 0.2) is 35.5 Å². The molecule has 2 heterocycles. The predicted molar refractivity (Wildman–Crippen MR) is 72.8 cm³/mol. The van der Waals surface area contributed by atoms with Gasteiger partial charge in [0.25, 0.3) is 0 Å². The van der Waals surface area contributed by atoms with E-state index in [0.29, 0.717) is 5.69 Å². The van der Waals surface area contributed by atoms with Crippen LogP contribution in [-0.2, 0) is 16.6 Å². The molecule has 2 aromatic heterocycles. The van der Waals surface area contributed by atoms with Gasteiger partial charge in [0.2, 0.25) is 16.0 Å². The van der Waals surface area contributed by atoms with E-state index in [9.17, 15) is 8.42 Å². The Hall–Kier alpha value is -2.10. The van der Waals surface area contributed by atoms with Crippen molar-refractivity contribution in [3.8, 4) is 0 Å². The highest BCUT2D eigenvalue weighted by atomic mass is 32.2. The zero-order chi connectivity index (χ0) is 14.6. The zero-order valence-corrected chi connectivity index (χ0v) is 11.6. The Morgan fingerprint density at radius 2 is 1.95 bits per heavy atom. The summed E-state index contributed by atoms with van der Waals surface area (Å²) >= 11 is 0. The van der Waals surface area contributed by atoms with Crippen LogP contribution in [0.4, 0.5) is 5.95 Å². The molecular formula is C11H14N6O2S. The monoisotopic (exact) mass is 294 g/mol. The number of hydrogen-bond donors (Lipinski definition) is 3. The summed E-state index contributed by atoms with van der Waals surface area (Å²) in [5.41, 5.74) is 3.68. The number of nitrogens with zero attached hydrogens (tertiary/aromatic N) is 3. The number of nitrogen functional groups attached to an aromatic ring is 1. The van der Waals surface area contributed by atoms with Crippen LogP contribution in [0, 0.1) is 6.92 Å². The van der Waals surface area contributed by atoms with Gasteiger partial charge in [-0.3, -0.25) is 10.4 Å². The van der Waals surface area contributed by atoms with Gasteiger partial charge < -0.3 is 0 Å². The third kappa shape index (κ3) is 3.47. The molecule has 0 atom stereocenters. The van der Waals surface area contributed by atoms with Crippen molar-refractivity contribution in [2.24, 2.45) is 5.84 Å². The van der Waals surface area contributed by atoms with Crippen molar-refractivity contribution in [1.29, 1.82) is 0 Å². The lowest BCUT2D eigenvalue weighted by molar-refractivity contribution is 0.579. The van der Waals surface area contributed by atoms with E-state index in [-0.39, 0.29) is 17.4 Å². The Balaban J connectivity index is 2.10. The Labute approximate surface area is 116 Å². The maximum absolute atomic E-state index is 12.0. The highest BCUT2D eigenvalue weighted by molar-refractivity contribution is 7.89. The van der Waals surface area contributed by atoms with Gasteiger partial charge in [-0.1, -0.05) is 6.07 Å². The van der Waals surface area contributed by atoms with Crippen LogP contribution in [0.5, 0.6) is 0 Å². The van der Waals surface area contributed by atoms with Crippen LogP contribution < -0.4 is 16.0 Å². The molecule has 0 unspecified atom stereocenters. The molecule has 0 aromatic carbocycles. The van der Waals surface area contributed by atoms with Gasteiger partial charge in [0.1, 0.15) is 4.90 Å². The Bertz CT molecular complexity index is 686. The molecule has 2 rings (SSSR count). The molecule has 8 nitrogen and oxygen atoms in total. The summed E-state index contributed by atoms with van der Waals surface area (Å²) in [7, 11) is -3.68. The van der Waals surface area contributed by atoms with Crippen molar-refractivity contribution < 1.29 is 8.42 Å². The van der Waals surface area contributed by atoms with E-state index >= 15 is 0 Å². The van der Waals surface area contributed by atoms with Gasteiger partial charge >= 0.3 is 0 Å². The molecule has 0 spiro atoms. The molecule has 9 heteroatoms. The highest BCUT2D eigenvalue weighted by Crippen LogP contribution is 2.08. The normalized spacial score (nSPS) is 11.3. The first kappa shape index (κ1) is 14.3. The van der Waals surface area contributed by atoms with Crippen LogP contribution in [0.2, 0.25) is 0 Å². The summed E-state index contributed by atoms with van der Waals surface area (Å²) in [6.45, 7) is 1.94. The third-order valence-corrected chi connectivity index (χ3v) is 3.81. The molecular weight excluding hydrogens is 280 g/mol. The molecule has 2 aromatic rings. The second-order valence-electron chi connectivity index (χ2n) is 3.98. The van der Waals surface area contributed by atoms with E-state index in [0.717, 1.165) is 5.69 Å². The van der Waals surface area contributed by atoms with Gasteiger partial charge in [-0.05, 0) is 19.1 Å². The molecule has 0 aliphatic carbocycles. The zero-order valence-electron chi connectivity index (χ0n) is 10.7. The second kappa shape index (κ2) is 5.90. The number of hydrazine groups is 1. The first-order valence-electron chi connectivity index (χ1n) is 5.72. The molecule has 0 aliphatic rings. The second-order valence-corrected chi connectivity index (χ2v) is 5.75. The lowest BCUT2D eigenvalue weighted by Crippen LogP contribution is -2.24. The molecule has 0 aliphatic heterocycles. The molecule has 106 valence electrons. The number of aromatic nitrogens is 3. The van der Waals surface area contributed by atoms with Gasteiger partial charge in [-0.25, -0.2) is 29.0 Å². The van der Waals surface area contributed by atoms with Gasteiger partial charge in [-0.15, -0.1) is 0 Å². The smallest absolute Gasteiger partial charge is 0.243 e. The lowest BCUT2D eigenvalue weighted by atomic mass is 10.3. The van der Waals surface area contributed by atoms with Crippen LogP contribution >= 0.6 is 0 Å². The molecule has 0 fully saturated rings. The van der Waals surface area contributed by atoms with Crippen molar-refractivity contribution in [3.63, 3.8) is 0 Å². The van der Waals surface area contributed by atoms with Crippen LogP contribution in [0.1, 0.15) is 11.4 Å². The fourth-order valence-corrected chi connectivity index (χ4v) is 2.37. The quantitative estimate of drug-likeness (QED) is 0.521. The Morgan fingerprint density at radius 3 is 2.55 bits per heavy atom. The summed E-state index contributed by atoms with van der Waals surface area (Å²) in [6.07, 6.45) is 2.35. The molecule has 4 N–H and O–H groups in total. The van der Waals surface area contributed by atoms with Gasteiger partial charge in [0.05, 0.1) is 24.6 Å². The minimum absolute atomic E-state index is 0.0378. The summed E-state index contributed by atoms with van der Waals surface area (Å²) in [5, 5.41) is 0. The molecule has 0 radical (unpaired) electrons. The average Bonchev–Trinajstić information content (AvgIpc) is 2.45. The summed E-state index contributed by atoms with van der Waals surface area (Å²) in [4.78, 5) is 11.7. The molecule has 0 saturated carbocycles. The number of rotatable bonds is 5. The largest absolute Gasteiger partial charge is 0.292 e. The maximum atomic E-state index is 12.0. The lowest BCUT2D eigenvalue weighted by Gasteiger charge is -2.06. The summed E-state index contributed by atoms with van der Waals surface area (Å²) < 4.78 is 26.5. The standard InChI is InChI=1S/C11H14N6O2S/c1-8-3-2-4-9(16-8)5-15-20(18,19)10-6-13-11(17-12)14-7-10/h2-4,6-7,15H,5,12H2,1H3,(H,13,14,17). The van der Waals surface area contributed by atoms with Gasteiger partial charge in [0.15, 0.2) is 0 Å².